The van der Waals surface area contributed by atoms with Crippen molar-refractivity contribution in [3.63, 3.8) is 0 Å². The second kappa shape index (κ2) is 9.66. The van der Waals surface area contributed by atoms with Crippen LogP contribution in [-0.4, -0.2) is 48.2 Å². The van der Waals surface area contributed by atoms with Crippen molar-refractivity contribution in [2.24, 2.45) is 5.92 Å². The first-order valence-electron chi connectivity index (χ1n) is 10.6. The minimum Gasteiger partial charge on any atom is -0.403 e. The highest BCUT2D eigenvalue weighted by Crippen LogP contribution is 2.30. The molecule has 1 aliphatic heterocycles. The van der Waals surface area contributed by atoms with E-state index in [1.807, 2.05) is 44.4 Å². The lowest BCUT2D eigenvalue weighted by atomic mass is 9.97. The first-order valence-corrected chi connectivity index (χ1v) is 13.3. The maximum atomic E-state index is 13.1. The van der Waals surface area contributed by atoms with Gasteiger partial charge < -0.3 is 4.42 Å². The summed E-state index contributed by atoms with van der Waals surface area (Å²) >= 11 is 1.40. The third-order valence-corrected chi connectivity index (χ3v) is 8.67. The molecule has 0 bridgehead atoms. The number of amides is 1. The Morgan fingerprint density at radius 3 is 2.58 bits per heavy atom. The van der Waals surface area contributed by atoms with Gasteiger partial charge in [0, 0.05) is 29.5 Å². The zero-order valence-electron chi connectivity index (χ0n) is 18.7. The molecule has 0 atom stereocenters. The lowest BCUT2D eigenvalue weighted by Crippen LogP contribution is -2.41. The fourth-order valence-corrected chi connectivity index (χ4v) is 6.48. The number of hydrogen-bond acceptors (Lipinski definition) is 7. The number of sulfonamides is 1. The second-order valence-corrected chi connectivity index (χ2v) is 10.8. The Bertz CT molecular complexity index is 1260. The van der Waals surface area contributed by atoms with Crippen molar-refractivity contribution in [1.82, 2.24) is 14.5 Å². The number of carbonyl (C=O) groups is 1. The van der Waals surface area contributed by atoms with Gasteiger partial charge in [-0.1, -0.05) is 34.9 Å². The molecule has 1 N–H and O–H groups in total. The monoisotopic (exact) mass is 486 g/mol. The van der Waals surface area contributed by atoms with Crippen molar-refractivity contribution >= 4 is 33.7 Å². The number of aromatic nitrogens is 2. The Morgan fingerprint density at radius 1 is 1.12 bits per heavy atom. The first kappa shape index (κ1) is 23.5. The molecule has 0 unspecified atom stereocenters. The number of aryl methyl sites for hydroxylation is 2. The van der Waals surface area contributed by atoms with Crippen LogP contribution in [0.3, 0.4) is 0 Å². The van der Waals surface area contributed by atoms with Crippen LogP contribution in [0.2, 0.25) is 0 Å². The standard InChI is InChI=1S/C23H26N4O4S2/c1-15-8-9-16(2)18(14-15)22-25-26-23(31-22)24-21(28)17-10-12-27(13-11-17)33(29,30)20-7-5-4-6-19(20)32-3/h4-9,14,17H,10-13H2,1-3H3,(H,24,26,28). The summed E-state index contributed by atoms with van der Waals surface area (Å²) < 4.78 is 33.3. The highest BCUT2D eigenvalue weighted by Gasteiger charge is 2.33. The molecule has 0 aliphatic carbocycles. The third kappa shape index (κ3) is 4.97. The summed E-state index contributed by atoms with van der Waals surface area (Å²) in [6.45, 7) is 4.49. The molecule has 2 heterocycles. The van der Waals surface area contributed by atoms with Crippen molar-refractivity contribution in [3.8, 4) is 11.5 Å². The number of anilines is 1. The zero-order chi connectivity index (χ0) is 23.6. The fourth-order valence-electron chi connectivity index (χ4n) is 3.89. The smallest absolute Gasteiger partial charge is 0.322 e. The number of rotatable bonds is 6. The normalized spacial score (nSPS) is 15.5. The van der Waals surface area contributed by atoms with Crippen molar-refractivity contribution in [2.45, 2.75) is 36.5 Å². The zero-order valence-corrected chi connectivity index (χ0v) is 20.4. The highest BCUT2D eigenvalue weighted by molar-refractivity contribution is 7.99. The molecule has 174 valence electrons. The van der Waals surface area contributed by atoms with E-state index in [2.05, 4.69) is 15.5 Å². The van der Waals surface area contributed by atoms with E-state index in [1.165, 1.54) is 16.1 Å². The summed E-state index contributed by atoms with van der Waals surface area (Å²) in [6.07, 6.45) is 2.70. The van der Waals surface area contributed by atoms with Gasteiger partial charge in [-0.25, -0.2) is 8.42 Å². The predicted molar refractivity (Wildman–Crippen MR) is 128 cm³/mol. The molecule has 1 fully saturated rings. The van der Waals surface area contributed by atoms with Crippen molar-refractivity contribution < 1.29 is 17.6 Å². The number of benzene rings is 2. The number of nitrogens with zero attached hydrogens (tertiary/aromatic N) is 3. The number of thioether (sulfide) groups is 1. The van der Waals surface area contributed by atoms with Crippen molar-refractivity contribution in [2.75, 3.05) is 24.7 Å². The molecule has 1 amide bonds. The Balaban J connectivity index is 1.39. The average molecular weight is 487 g/mol. The van der Waals surface area contributed by atoms with Gasteiger partial charge in [0.15, 0.2) is 0 Å². The molecule has 4 rings (SSSR count). The Morgan fingerprint density at radius 2 is 1.85 bits per heavy atom. The van der Waals surface area contributed by atoms with E-state index in [9.17, 15) is 13.2 Å². The lowest BCUT2D eigenvalue weighted by Gasteiger charge is -2.30. The van der Waals surface area contributed by atoms with E-state index in [0.717, 1.165) is 16.7 Å². The third-order valence-electron chi connectivity index (χ3n) is 5.79. The molecule has 1 saturated heterocycles. The van der Waals surface area contributed by atoms with Crippen LogP contribution in [-0.2, 0) is 14.8 Å². The molecule has 0 saturated carbocycles. The SMILES string of the molecule is CSc1ccccc1S(=O)(=O)N1CCC(C(=O)Nc2nnc(-c3cc(C)ccc3C)o2)CC1. The fraction of sp³-hybridized carbons (Fsp3) is 0.348. The summed E-state index contributed by atoms with van der Waals surface area (Å²) in [4.78, 5) is 13.8. The quantitative estimate of drug-likeness (QED) is 0.523. The summed E-state index contributed by atoms with van der Waals surface area (Å²) in [7, 11) is -3.61. The van der Waals surface area contributed by atoms with E-state index in [0.29, 0.717) is 28.5 Å². The molecular formula is C23H26N4O4S2. The van der Waals surface area contributed by atoms with Gasteiger partial charge in [0.2, 0.25) is 21.8 Å². The molecule has 0 radical (unpaired) electrons. The van der Waals surface area contributed by atoms with Crippen LogP contribution in [0, 0.1) is 19.8 Å². The van der Waals surface area contributed by atoms with E-state index in [1.54, 1.807) is 18.2 Å². The first-order chi connectivity index (χ1) is 15.8. The lowest BCUT2D eigenvalue weighted by molar-refractivity contribution is -0.121. The van der Waals surface area contributed by atoms with Gasteiger partial charge in [-0.2, -0.15) is 4.31 Å². The Hall–Kier alpha value is -2.69. The molecule has 1 aliphatic rings. The predicted octanol–water partition coefficient (Wildman–Crippen LogP) is 4.11. The number of carbonyl (C=O) groups excluding carboxylic acids is 1. The van der Waals surface area contributed by atoms with Gasteiger partial charge in [-0.05, 0) is 56.7 Å². The van der Waals surface area contributed by atoms with Gasteiger partial charge in [-0.3, -0.25) is 10.1 Å². The Labute approximate surface area is 197 Å². The maximum Gasteiger partial charge on any atom is 0.322 e. The van der Waals surface area contributed by atoms with Crippen LogP contribution in [0.25, 0.3) is 11.5 Å². The van der Waals surface area contributed by atoms with Gasteiger partial charge in [0.05, 0.1) is 4.90 Å². The molecule has 0 spiro atoms. The highest BCUT2D eigenvalue weighted by atomic mass is 32.2. The van der Waals surface area contributed by atoms with Crippen LogP contribution in [0.15, 0.2) is 56.7 Å². The van der Waals surface area contributed by atoms with Crippen LogP contribution in [0.1, 0.15) is 24.0 Å². The maximum absolute atomic E-state index is 13.1. The summed E-state index contributed by atoms with van der Waals surface area (Å²) in [5.41, 5.74) is 2.90. The van der Waals surface area contributed by atoms with Gasteiger partial charge >= 0.3 is 6.01 Å². The number of hydrogen-bond donors (Lipinski definition) is 1. The van der Waals surface area contributed by atoms with Crippen LogP contribution >= 0.6 is 11.8 Å². The van der Waals surface area contributed by atoms with E-state index in [-0.39, 0.29) is 30.9 Å². The van der Waals surface area contributed by atoms with Gasteiger partial charge in [0.1, 0.15) is 0 Å². The van der Waals surface area contributed by atoms with Crippen LogP contribution in [0.5, 0.6) is 0 Å². The molecule has 10 heteroatoms. The van der Waals surface area contributed by atoms with Gasteiger partial charge in [0.25, 0.3) is 0 Å². The molecule has 2 aromatic carbocycles. The molecule has 8 nitrogen and oxygen atoms in total. The Kier molecular flexibility index (Phi) is 6.87. The van der Waals surface area contributed by atoms with Gasteiger partial charge in [-0.15, -0.1) is 16.9 Å². The second-order valence-electron chi connectivity index (χ2n) is 8.05. The van der Waals surface area contributed by atoms with Crippen molar-refractivity contribution in [1.29, 1.82) is 0 Å². The summed E-state index contributed by atoms with van der Waals surface area (Å²) in [5, 5.41) is 10.7. The largest absolute Gasteiger partial charge is 0.403 e. The molecule has 1 aromatic heterocycles. The minimum atomic E-state index is -3.61. The van der Waals surface area contributed by atoms with Crippen molar-refractivity contribution in [3.05, 3.63) is 53.6 Å². The molecule has 3 aromatic rings. The minimum absolute atomic E-state index is 0.0415. The van der Waals surface area contributed by atoms with E-state index >= 15 is 0 Å². The summed E-state index contributed by atoms with van der Waals surface area (Å²) in [5.74, 6) is -0.226. The average Bonchev–Trinajstić information content (AvgIpc) is 3.28. The topological polar surface area (TPSA) is 105 Å². The molecular weight excluding hydrogens is 460 g/mol. The number of piperidine rings is 1. The van der Waals surface area contributed by atoms with E-state index < -0.39 is 10.0 Å². The van der Waals surface area contributed by atoms with Crippen LogP contribution in [0.4, 0.5) is 6.01 Å². The molecule has 33 heavy (non-hydrogen) atoms. The van der Waals surface area contributed by atoms with Crippen LogP contribution < -0.4 is 5.32 Å². The summed E-state index contributed by atoms with van der Waals surface area (Å²) in [6, 6.07) is 13.0. The number of nitrogens with one attached hydrogen (secondary N) is 1. The van der Waals surface area contributed by atoms with E-state index in [4.69, 9.17) is 4.42 Å².